The lowest BCUT2D eigenvalue weighted by atomic mass is 10.1. The van der Waals surface area contributed by atoms with Gasteiger partial charge >= 0.3 is 12.0 Å². The molecule has 1 fully saturated rings. The second kappa shape index (κ2) is 10.5. The smallest absolute Gasteiger partial charge is 0.338 e. The van der Waals surface area contributed by atoms with E-state index in [1.54, 1.807) is 6.92 Å². The number of anilines is 1. The van der Waals surface area contributed by atoms with Crippen molar-refractivity contribution in [3.63, 3.8) is 0 Å². The van der Waals surface area contributed by atoms with Gasteiger partial charge in [0.05, 0.1) is 29.4 Å². The molecule has 1 aliphatic rings. The van der Waals surface area contributed by atoms with Crippen LogP contribution in [0.15, 0.2) is 47.4 Å². The number of esters is 1. The van der Waals surface area contributed by atoms with Crippen molar-refractivity contribution in [3.05, 3.63) is 59.4 Å². The molecule has 0 bridgehead atoms. The van der Waals surface area contributed by atoms with Crippen LogP contribution in [-0.4, -0.2) is 63.5 Å². The minimum Gasteiger partial charge on any atom is -0.452 e. The molecule has 3 amide bonds. The number of halogens is 1. The van der Waals surface area contributed by atoms with Crippen LogP contribution in [0.1, 0.15) is 15.9 Å². The SMILES string of the molecule is Cc1ccc(C(=O)OCC(=O)NC(=O)Nc2ccccc2F)cc1S(=O)(=O)N1CCOCC1. The molecule has 1 aliphatic heterocycles. The molecule has 0 aliphatic carbocycles. The Kier molecular flexibility index (Phi) is 7.74. The molecule has 33 heavy (non-hydrogen) atoms. The van der Waals surface area contributed by atoms with Crippen molar-refractivity contribution in [2.45, 2.75) is 11.8 Å². The zero-order valence-corrected chi connectivity index (χ0v) is 18.5. The van der Waals surface area contributed by atoms with E-state index in [9.17, 15) is 27.2 Å². The normalized spacial score (nSPS) is 14.4. The maximum Gasteiger partial charge on any atom is 0.338 e. The van der Waals surface area contributed by atoms with Gasteiger partial charge in [-0.05, 0) is 36.8 Å². The molecule has 2 N–H and O–H groups in total. The van der Waals surface area contributed by atoms with E-state index in [0.29, 0.717) is 5.56 Å². The standard InChI is InChI=1S/C21H22FN3O7S/c1-14-6-7-15(12-18(14)33(29,30)25-8-10-31-11-9-25)20(27)32-13-19(26)24-21(28)23-17-5-3-2-4-16(17)22/h2-7,12H,8-11,13H2,1H3,(H2,23,24,26,28). The summed E-state index contributed by atoms with van der Waals surface area (Å²) in [6.45, 7) is 1.75. The molecule has 2 aromatic carbocycles. The van der Waals surface area contributed by atoms with Crippen molar-refractivity contribution in [1.29, 1.82) is 0 Å². The fourth-order valence-electron chi connectivity index (χ4n) is 3.02. The number of benzene rings is 2. The number of nitrogens with one attached hydrogen (secondary N) is 2. The number of ether oxygens (including phenoxy) is 2. The van der Waals surface area contributed by atoms with Crippen molar-refractivity contribution in [2.24, 2.45) is 0 Å². The molecule has 12 heteroatoms. The monoisotopic (exact) mass is 479 g/mol. The van der Waals surface area contributed by atoms with Gasteiger partial charge in [-0.3, -0.25) is 10.1 Å². The fourth-order valence-corrected chi connectivity index (χ4v) is 4.68. The molecule has 0 saturated carbocycles. The molecular weight excluding hydrogens is 457 g/mol. The van der Waals surface area contributed by atoms with Gasteiger partial charge in [0.25, 0.3) is 5.91 Å². The van der Waals surface area contributed by atoms with Crippen LogP contribution in [0.25, 0.3) is 0 Å². The largest absolute Gasteiger partial charge is 0.452 e. The summed E-state index contributed by atoms with van der Waals surface area (Å²) < 4.78 is 50.7. The first-order chi connectivity index (χ1) is 15.7. The second-order valence-electron chi connectivity index (χ2n) is 7.06. The number of aryl methyl sites for hydroxylation is 1. The third-order valence-electron chi connectivity index (χ3n) is 4.72. The van der Waals surface area contributed by atoms with Crippen LogP contribution in [0.4, 0.5) is 14.9 Å². The summed E-state index contributed by atoms with van der Waals surface area (Å²) >= 11 is 0. The predicted octanol–water partition coefficient (Wildman–Crippen LogP) is 1.66. The van der Waals surface area contributed by atoms with Gasteiger partial charge in [-0.1, -0.05) is 18.2 Å². The zero-order chi connectivity index (χ0) is 24.0. The Morgan fingerprint density at radius 1 is 1.12 bits per heavy atom. The highest BCUT2D eigenvalue weighted by molar-refractivity contribution is 7.89. The summed E-state index contributed by atoms with van der Waals surface area (Å²) in [7, 11) is -3.85. The molecule has 10 nitrogen and oxygen atoms in total. The van der Waals surface area contributed by atoms with Crippen LogP contribution in [0.3, 0.4) is 0 Å². The van der Waals surface area contributed by atoms with Crippen LogP contribution in [0.5, 0.6) is 0 Å². The van der Waals surface area contributed by atoms with Crippen molar-refractivity contribution in [2.75, 3.05) is 38.2 Å². The van der Waals surface area contributed by atoms with E-state index in [4.69, 9.17) is 9.47 Å². The predicted molar refractivity (Wildman–Crippen MR) is 115 cm³/mol. The van der Waals surface area contributed by atoms with E-state index >= 15 is 0 Å². The Morgan fingerprint density at radius 3 is 2.52 bits per heavy atom. The Labute approximate surface area is 189 Å². The lowest BCUT2D eigenvalue weighted by Gasteiger charge is -2.26. The summed E-state index contributed by atoms with van der Waals surface area (Å²) in [4.78, 5) is 36.0. The highest BCUT2D eigenvalue weighted by Gasteiger charge is 2.28. The van der Waals surface area contributed by atoms with Gasteiger partial charge in [0.1, 0.15) is 5.82 Å². The number of nitrogens with zero attached hydrogens (tertiary/aromatic N) is 1. The number of hydrogen-bond donors (Lipinski definition) is 2. The minimum absolute atomic E-state index is 0.0485. The number of morpholine rings is 1. The van der Waals surface area contributed by atoms with Crippen LogP contribution in [0.2, 0.25) is 0 Å². The van der Waals surface area contributed by atoms with Crippen molar-refractivity contribution >= 4 is 33.6 Å². The second-order valence-corrected chi connectivity index (χ2v) is 8.96. The molecule has 0 atom stereocenters. The Hall–Kier alpha value is -3.35. The van der Waals surface area contributed by atoms with Crippen LogP contribution in [-0.2, 0) is 24.3 Å². The highest BCUT2D eigenvalue weighted by Crippen LogP contribution is 2.22. The number of para-hydroxylation sites is 1. The fraction of sp³-hybridized carbons (Fsp3) is 0.286. The Morgan fingerprint density at radius 2 is 1.82 bits per heavy atom. The molecule has 1 saturated heterocycles. The van der Waals surface area contributed by atoms with Crippen molar-refractivity contribution < 1.29 is 36.7 Å². The third-order valence-corrected chi connectivity index (χ3v) is 6.76. The van der Waals surface area contributed by atoms with Crippen LogP contribution < -0.4 is 10.6 Å². The van der Waals surface area contributed by atoms with E-state index in [-0.39, 0.29) is 42.4 Å². The summed E-state index contributed by atoms with van der Waals surface area (Å²) in [6.07, 6.45) is 0. The number of amides is 3. The quantitative estimate of drug-likeness (QED) is 0.603. The number of rotatable bonds is 6. The van der Waals surface area contributed by atoms with Crippen LogP contribution in [0, 0.1) is 12.7 Å². The van der Waals surface area contributed by atoms with Gasteiger partial charge in [0.15, 0.2) is 6.61 Å². The van der Waals surface area contributed by atoms with Gasteiger partial charge < -0.3 is 14.8 Å². The van der Waals surface area contributed by atoms with Gasteiger partial charge in [-0.15, -0.1) is 0 Å². The average molecular weight is 479 g/mol. The number of urea groups is 1. The number of sulfonamides is 1. The summed E-state index contributed by atoms with van der Waals surface area (Å²) in [5, 5.41) is 4.06. The zero-order valence-electron chi connectivity index (χ0n) is 17.7. The molecule has 0 unspecified atom stereocenters. The van der Waals surface area contributed by atoms with E-state index < -0.39 is 40.4 Å². The summed E-state index contributed by atoms with van der Waals surface area (Å²) in [6, 6.07) is 8.39. The highest BCUT2D eigenvalue weighted by atomic mass is 32.2. The van der Waals surface area contributed by atoms with Gasteiger partial charge in [-0.2, -0.15) is 4.31 Å². The van der Waals surface area contributed by atoms with Gasteiger partial charge in [0, 0.05) is 13.1 Å². The molecular formula is C21H22FN3O7S. The maximum atomic E-state index is 13.5. The summed E-state index contributed by atoms with van der Waals surface area (Å²) in [5.41, 5.74) is 0.241. The van der Waals surface area contributed by atoms with E-state index in [2.05, 4.69) is 5.32 Å². The number of imide groups is 1. The van der Waals surface area contributed by atoms with E-state index in [0.717, 1.165) is 6.07 Å². The molecule has 0 spiro atoms. The topological polar surface area (TPSA) is 131 Å². The molecule has 2 aromatic rings. The Bertz CT molecular complexity index is 1160. The van der Waals surface area contributed by atoms with Gasteiger partial charge in [-0.25, -0.2) is 22.4 Å². The lowest BCUT2D eigenvalue weighted by molar-refractivity contribution is -0.123. The third kappa shape index (κ3) is 6.12. The van der Waals surface area contributed by atoms with Gasteiger partial charge in [0.2, 0.25) is 10.0 Å². The van der Waals surface area contributed by atoms with E-state index in [1.807, 2.05) is 5.32 Å². The number of hydrogen-bond acceptors (Lipinski definition) is 7. The molecule has 176 valence electrons. The first kappa shape index (κ1) is 24.3. The van der Waals surface area contributed by atoms with Crippen molar-refractivity contribution in [3.8, 4) is 0 Å². The first-order valence-corrected chi connectivity index (χ1v) is 11.3. The van der Waals surface area contributed by atoms with Crippen LogP contribution >= 0.6 is 0 Å². The molecule has 1 heterocycles. The number of carbonyl (C=O) groups excluding carboxylic acids is 3. The average Bonchev–Trinajstić information content (AvgIpc) is 2.79. The Balaban J connectivity index is 1.60. The summed E-state index contributed by atoms with van der Waals surface area (Å²) in [5.74, 6) is -2.59. The molecule has 0 radical (unpaired) electrons. The van der Waals surface area contributed by atoms with E-state index in [1.165, 1.54) is 40.7 Å². The molecule has 0 aromatic heterocycles. The number of carbonyl (C=O) groups is 3. The first-order valence-electron chi connectivity index (χ1n) is 9.89. The van der Waals surface area contributed by atoms with Crippen molar-refractivity contribution in [1.82, 2.24) is 9.62 Å². The maximum absolute atomic E-state index is 13.5. The lowest BCUT2D eigenvalue weighted by Crippen LogP contribution is -2.40. The minimum atomic E-state index is -3.85. The molecule has 3 rings (SSSR count).